The Morgan fingerprint density at radius 2 is 1.65 bits per heavy atom. The molecule has 3 aliphatic rings. The fourth-order valence-electron chi connectivity index (χ4n) is 3.64. The molecule has 2 fully saturated rings. The van der Waals surface area contributed by atoms with Gasteiger partial charge in [-0.3, -0.25) is 9.59 Å². The summed E-state index contributed by atoms with van der Waals surface area (Å²) in [6.07, 6.45) is 6.99. The summed E-state index contributed by atoms with van der Waals surface area (Å²) in [7, 11) is 0. The first-order valence-corrected chi connectivity index (χ1v) is 6.38. The van der Waals surface area contributed by atoms with Crippen LogP contribution in [0, 0.1) is 23.7 Å². The van der Waals surface area contributed by atoms with Crippen molar-refractivity contribution in [2.75, 3.05) is 13.1 Å². The van der Waals surface area contributed by atoms with Crippen LogP contribution in [0.25, 0.3) is 0 Å². The smallest absolute Gasteiger partial charge is 0.307 e. The molecule has 2 aliphatic carbocycles. The molecule has 0 spiro atoms. The van der Waals surface area contributed by atoms with Crippen LogP contribution in [0.3, 0.4) is 0 Å². The fraction of sp³-hybridized carbons (Fsp3) is 0.692. The number of amides is 1. The zero-order chi connectivity index (χ0) is 12.0. The SMILES string of the molecule is O=C(O)[C@H]1[C@@H](C(=O)N2CCCC2)[C@H]2C=C[C@H]1C2. The molecule has 0 aromatic rings. The summed E-state index contributed by atoms with van der Waals surface area (Å²) in [5.74, 6) is -1.28. The molecule has 1 N–H and O–H groups in total. The molecule has 0 unspecified atom stereocenters. The first-order valence-electron chi connectivity index (χ1n) is 6.38. The van der Waals surface area contributed by atoms with Gasteiger partial charge in [0.15, 0.2) is 0 Å². The van der Waals surface area contributed by atoms with Crippen molar-refractivity contribution < 1.29 is 14.7 Å². The van der Waals surface area contributed by atoms with Gasteiger partial charge < -0.3 is 10.0 Å². The van der Waals surface area contributed by atoms with Crippen LogP contribution >= 0.6 is 0 Å². The molecule has 2 bridgehead atoms. The van der Waals surface area contributed by atoms with E-state index in [4.69, 9.17) is 0 Å². The topological polar surface area (TPSA) is 57.6 Å². The summed E-state index contributed by atoms with van der Waals surface area (Å²) in [6, 6.07) is 0. The summed E-state index contributed by atoms with van der Waals surface area (Å²) in [5.41, 5.74) is 0. The quantitative estimate of drug-likeness (QED) is 0.730. The molecule has 92 valence electrons. The zero-order valence-electron chi connectivity index (χ0n) is 9.71. The van der Waals surface area contributed by atoms with Gasteiger partial charge >= 0.3 is 5.97 Å². The van der Waals surface area contributed by atoms with E-state index < -0.39 is 11.9 Å². The second kappa shape index (κ2) is 3.86. The minimum atomic E-state index is -0.806. The molecule has 1 aliphatic heterocycles. The lowest BCUT2D eigenvalue weighted by molar-refractivity contribution is -0.150. The number of rotatable bonds is 2. The van der Waals surface area contributed by atoms with Crippen molar-refractivity contribution in [3.8, 4) is 0 Å². The molecule has 1 saturated carbocycles. The molecule has 1 saturated heterocycles. The highest BCUT2D eigenvalue weighted by Gasteiger charge is 2.52. The van der Waals surface area contributed by atoms with Crippen molar-refractivity contribution in [3.63, 3.8) is 0 Å². The average Bonchev–Trinajstić information content (AvgIpc) is 3.02. The predicted octanol–water partition coefficient (Wildman–Crippen LogP) is 1.13. The number of hydrogen-bond acceptors (Lipinski definition) is 2. The Labute approximate surface area is 100 Å². The van der Waals surface area contributed by atoms with Crippen molar-refractivity contribution in [3.05, 3.63) is 12.2 Å². The number of nitrogens with zero attached hydrogens (tertiary/aromatic N) is 1. The third kappa shape index (κ3) is 1.58. The maximum Gasteiger partial charge on any atom is 0.307 e. The average molecular weight is 235 g/mol. The maximum absolute atomic E-state index is 12.4. The van der Waals surface area contributed by atoms with Crippen molar-refractivity contribution in [1.82, 2.24) is 4.90 Å². The van der Waals surface area contributed by atoms with E-state index in [1.165, 1.54) is 0 Å². The molecule has 0 aromatic heterocycles. The highest BCUT2D eigenvalue weighted by molar-refractivity contribution is 5.87. The van der Waals surface area contributed by atoms with Crippen LogP contribution in [-0.2, 0) is 9.59 Å². The summed E-state index contributed by atoms with van der Waals surface area (Å²) in [5, 5.41) is 9.29. The molecular formula is C13H17NO3. The number of carbonyl (C=O) groups excluding carboxylic acids is 1. The number of carboxylic acids is 1. The number of likely N-dealkylation sites (tertiary alicyclic amines) is 1. The Morgan fingerprint density at radius 1 is 1.06 bits per heavy atom. The van der Waals surface area contributed by atoms with Crippen LogP contribution in [0.15, 0.2) is 12.2 Å². The van der Waals surface area contributed by atoms with Gasteiger partial charge in [-0.15, -0.1) is 0 Å². The van der Waals surface area contributed by atoms with Gasteiger partial charge in [0.1, 0.15) is 0 Å². The molecule has 4 atom stereocenters. The number of carbonyl (C=O) groups is 2. The van der Waals surface area contributed by atoms with E-state index in [0.29, 0.717) is 0 Å². The van der Waals surface area contributed by atoms with Gasteiger partial charge in [-0.25, -0.2) is 0 Å². The molecular weight excluding hydrogens is 218 g/mol. The minimum Gasteiger partial charge on any atom is -0.481 e. The first kappa shape index (κ1) is 10.8. The Hall–Kier alpha value is -1.32. The van der Waals surface area contributed by atoms with Crippen molar-refractivity contribution in [2.24, 2.45) is 23.7 Å². The van der Waals surface area contributed by atoms with Crippen molar-refractivity contribution >= 4 is 11.9 Å². The van der Waals surface area contributed by atoms with Crippen LogP contribution in [-0.4, -0.2) is 35.0 Å². The van der Waals surface area contributed by atoms with Crippen LogP contribution in [0.1, 0.15) is 19.3 Å². The summed E-state index contributed by atoms with van der Waals surface area (Å²) >= 11 is 0. The van der Waals surface area contributed by atoms with E-state index in [1.807, 2.05) is 17.1 Å². The van der Waals surface area contributed by atoms with Gasteiger partial charge in [0.05, 0.1) is 11.8 Å². The molecule has 0 radical (unpaired) electrons. The normalized spacial score (nSPS) is 38.9. The number of aliphatic carboxylic acids is 1. The highest BCUT2D eigenvalue weighted by atomic mass is 16.4. The van der Waals surface area contributed by atoms with Crippen LogP contribution < -0.4 is 0 Å². The molecule has 4 heteroatoms. The van der Waals surface area contributed by atoms with Crippen LogP contribution in [0.4, 0.5) is 0 Å². The number of allylic oxidation sites excluding steroid dienone is 2. The molecule has 0 aromatic carbocycles. The number of fused-ring (bicyclic) bond motifs is 2. The summed E-state index contributed by atoms with van der Waals surface area (Å²) in [6.45, 7) is 1.62. The molecule has 3 rings (SSSR count). The molecule has 1 amide bonds. The van der Waals surface area contributed by atoms with Gasteiger partial charge in [-0.05, 0) is 31.1 Å². The molecule has 4 nitrogen and oxygen atoms in total. The van der Waals surface area contributed by atoms with Gasteiger partial charge in [0.25, 0.3) is 0 Å². The Morgan fingerprint density at radius 3 is 2.24 bits per heavy atom. The standard InChI is InChI=1S/C13H17NO3/c15-12(14-5-1-2-6-14)10-8-3-4-9(7-8)11(10)13(16)17/h3-4,8-11H,1-2,5-7H2,(H,16,17)/t8-,9-,10-,11+/m0/s1. The van der Waals surface area contributed by atoms with E-state index in [0.717, 1.165) is 32.4 Å². The van der Waals surface area contributed by atoms with Crippen molar-refractivity contribution in [1.29, 1.82) is 0 Å². The minimum absolute atomic E-state index is 0.0757. The second-order valence-electron chi connectivity index (χ2n) is 5.37. The van der Waals surface area contributed by atoms with Gasteiger partial charge in [-0.1, -0.05) is 12.2 Å². The monoisotopic (exact) mass is 235 g/mol. The number of carboxylic acid groups (broad SMARTS) is 1. The number of hydrogen-bond donors (Lipinski definition) is 1. The zero-order valence-corrected chi connectivity index (χ0v) is 9.71. The maximum atomic E-state index is 12.4. The van der Waals surface area contributed by atoms with Crippen LogP contribution in [0.2, 0.25) is 0 Å². The highest BCUT2D eigenvalue weighted by Crippen LogP contribution is 2.48. The van der Waals surface area contributed by atoms with Crippen molar-refractivity contribution in [2.45, 2.75) is 19.3 Å². The molecule has 1 heterocycles. The molecule has 17 heavy (non-hydrogen) atoms. The largest absolute Gasteiger partial charge is 0.481 e. The van der Waals surface area contributed by atoms with E-state index in [2.05, 4.69) is 0 Å². The van der Waals surface area contributed by atoms with Gasteiger partial charge in [0, 0.05) is 13.1 Å². The van der Waals surface area contributed by atoms with E-state index in [9.17, 15) is 14.7 Å². The third-order valence-corrected chi connectivity index (χ3v) is 4.45. The van der Waals surface area contributed by atoms with Gasteiger partial charge in [-0.2, -0.15) is 0 Å². The summed E-state index contributed by atoms with van der Waals surface area (Å²) < 4.78 is 0. The summed E-state index contributed by atoms with van der Waals surface area (Å²) in [4.78, 5) is 25.6. The second-order valence-corrected chi connectivity index (χ2v) is 5.37. The van der Waals surface area contributed by atoms with Crippen LogP contribution in [0.5, 0.6) is 0 Å². The lowest BCUT2D eigenvalue weighted by Crippen LogP contribution is -2.41. The lowest BCUT2D eigenvalue weighted by Gasteiger charge is -2.28. The fourth-order valence-corrected chi connectivity index (χ4v) is 3.64. The third-order valence-electron chi connectivity index (χ3n) is 4.45. The predicted molar refractivity (Wildman–Crippen MR) is 61.2 cm³/mol. The first-order chi connectivity index (χ1) is 8.18. The van der Waals surface area contributed by atoms with E-state index >= 15 is 0 Å². The Balaban J connectivity index is 1.83. The lowest BCUT2D eigenvalue weighted by atomic mass is 9.82. The Bertz CT molecular complexity index is 384. The van der Waals surface area contributed by atoms with Gasteiger partial charge in [0.2, 0.25) is 5.91 Å². The van der Waals surface area contributed by atoms with E-state index in [1.54, 1.807) is 0 Å². The Kier molecular flexibility index (Phi) is 2.45. The van der Waals surface area contributed by atoms with E-state index in [-0.39, 0.29) is 23.7 Å².